The Morgan fingerprint density at radius 1 is 1.50 bits per heavy atom. The minimum atomic E-state index is -0.866. The van der Waals surface area contributed by atoms with Crippen molar-refractivity contribution in [3.8, 4) is 5.75 Å². The van der Waals surface area contributed by atoms with Crippen molar-refractivity contribution in [3.05, 3.63) is 45.1 Å². The lowest BCUT2D eigenvalue weighted by Crippen LogP contribution is -2.08. The van der Waals surface area contributed by atoms with Crippen LogP contribution in [0.1, 0.15) is 17.4 Å². The maximum absolute atomic E-state index is 10.4. The first-order valence-electron chi connectivity index (χ1n) is 5.23. The number of aromatic nitrogens is 2. The molecule has 1 aromatic carbocycles. The van der Waals surface area contributed by atoms with Crippen LogP contribution in [0.2, 0.25) is 5.02 Å². The Morgan fingerprint density at radius 3 is 2.78 bits per heavy atom. The second kappa shape index (κ2) is 5.30. The molecule has 0 aliphatic heterocycles. The molecule has 0 aliphatic rings. The summed E-state index contributed by atoms with van der Waals surface area (Å²) in [7, 11) is 3.31. The molecule has 2 rings (SSSR count). The lowest BCUT2D eigenvalue weighted by Gasteiger charge is -2.15. The maximum atomic E-state index is 10.4. The van der Waals surface area contributed by atoms with Gasteiger partial charge in [-0.05, 0) is 18.2 Å². The highest BCUT2D eigenvalue weighted by Gasteiger charge is 2.21. The zero-order valence-electron chi connectivity index (χ0n) is 9.89. The SMILES string of the molecule is COc1ccc(Br)c(C(O)c2c(Cl)cnn2C)c1. The van der Waals surface area contributed by atoms with Crippen LogP contribution < -0.4 is 4.74 Å². The zero-order valence-corrected chi connectivity index (χ0v) is 12.2. The molecule has 0 saturated heterocycles. The second-order valence-corrected chi connectivity index (χ2v) is 5.05. The Kier molecular flexibility index (Phi) is 3.94. The molecule has 0 fully saturated rings. The third kappa shape index (κ3) is 2.39. The molecular formula is C12H12BrClN2O2. The van der Waals surface area contributed by atoms with Gasteiger partial charge >= 0.3 is 0 Å². The minimum absolute atomic E-state index is 0.430. The number of hydrogen-bond donors (Lipinski definition) is 1. The first kappa shape index (κ1) is 13.4. The number of aliphatic hydroxyl groups is 1. The van der Waals surface area contributed by atoms with E-state index in [1.165, 1.54) is 6.20 Å². The number of aryl methyl sites for hydroxylation is 1. The van der Waals surface area contributed by atoms with Gasteiger partial charge < -0.3 is 9.84 Å². The summed E-state index contributed by atoms with van der Waals surface area (Å²) in [5.41, 5.74) is 1.23. The van der Waals surface area contributed by atoms with Crippen molar-refractivity contribution in [2.75, 3.05) is 7.11 Å². The van der Waals surface area contributed by atoms with E-state index in [9.17, 15) is 5.11 Å². The van der Waals surface area contributed by atoms with Crippen LogP contribution in [0.15, 0.2) is 28.9 Å². The molecule has 1 unspecified atom stereocenters. The summed E-state index contributed by atoms with van der Waals surface area (Å²) < 4.78 is 7.49. The predicted octanol–water partition coefficient (Wildman–Crippen LogP) is 2.93. The third-order valence-corrected chi connectivity index (χ3v) is 3.71. The van der Waals surface area contributed by atoms with Crippen molar-refractivity contribution in [2.24, 2.45) is 7.05 Å². The molecule has 2 aromatic rings. The fourth-order valence-electron chi connectivity index (χ4n) is 1.73. The largest absolute Gasteiger partial charge is 0.497 e. The molecule has 1 heterocycles. The highest BCUT2D eigenvalue weighted by atomic mass is 79.9. The van der Waals surface area contributed by atoms with Crippen LogP contribution in [0.25, 0.3) is 0 Å². The number of methoxy groups -OCH3 is 1. The normalized spacial score (nSPS) is 12.5. The van der Waals surface area contributed by atoms with Crippen LogP contribution in [0, 0.1) is 0 Å². The van der Waals surface area contributed by atoms with E-state index in [1.54, 1.807) is 24.9 Å². The van der Waals surface area contributed by atoms with Crippen molar-refractivity contribution in [1.82, 2.24) is 9.78 Å². The average Bonchev–Trinajstić information content (AvgIpc) is 2.69. The fraction of sp³-hybridized carbons (Fsp3) is 0.250. The summed E-state index contributed by atoms with van der Waals surface area (Å²) in [6.07, 6.45) is 0.642. The van der Waals surface area contributed by atoms with E-state index in [2.05, 4.69) is 21.0 Å². The summed E-state index contributed by atoms with van der Waals surface area (Å²) in [4.78, 5) is 0. The van der Waals surface area contributed by atoms with Gasteiger partial charge in [-0.3, -0.25) is 4.68 Å². The number of benzene rings is 1. The van der Waals surface area contributed by atoms with Gasteiger partial charge in [0.05, 0.1) is 24.0 Å². The van der Waals surface area contributed by atoms with Crippen molar-refractivity contribution in [2.45, 2.75) is 6.10 Å². The average molecular weight is 332 g/mol. The molecule has 0 amide bonds. The fourth-order valence-corrected chi connectivity index (χ4v) is 2.47. The molecule has 1 N–H and O–H groups in total. The zero-order chi connectivity index (χ0) is 13.3. The topological polar surface area (TPSA) is 47.3 Å². The van der Waals surface area contributed by atoms with Gasteiger partial charge in [0, 0.05) is 17.1 Å². The van der Waals surface area contributed by atoms with Crippen LogP contribution in [-0.2, 0) is 7.05 Å². The van der Waals surface area contributed by atoms with E-state index in [1.807, 2.05) is 12.1 Å². The molecule has 18 heavy (non-hydrogen) atoms. The molecule has 1 aromatic heterocycles. The molecule has 0 radical (unpaired) electrons. The molecule has 0 bridgehead atoms. The molecule has 0 saturated carbocycles. The maximum Gasteiger partial charge on any atom is 0.123 e. The number of nitrogens with zero attached hydrogens (tertiary/aromatic N) is 2. The second-order valence-electron chi connectivity index (χ2n) is 3.79. The van der Waals surface area contributed by atoms with Crippen molar-refractivity contribution < 1.29 is 9.84 Å². The van der Waals surface area contributed by atoms with Gasteiger partial charge in [-0.15, -0.1) is 0 Å². The number of aliphatic hydroxyl groups excluding tert-OH is 1. The molecular weight excluding hydrogens is 320 g/mol. The summed E-state index contributed by atoms with van der Waals surface area (Å²) in [5, 5.41) is 14.9. The van der Waals surface area contributed by atoms with Crippen LogP contribution in [-0.4, -0.2) is 22.0 Å². The Bertz CT molecular complexity index is 552. The monoisotopic (exact) mass is 330 g/mol. The highest BCUT2D eigenvalue weighted by Crippen LogP contribution is 2.34. The Morgan fingerprint density at radius 2 is 2.22 bits per heavy atom. The molecule has 6 heteroatoms. The van der Waals surface area contributed by atoms with Crippen molar-refractivity contribution in [3.63, 3.8) is 0 Å². The quantitative estimate of drug-likeness (QED) is 0.940. The van der Waals surface area contributed by atoms with Gasteiger partial charge in [0.15, 0.2) is 0 Å². The highest BCUT2D eigenvalue weighted by molar-refractivity contribution is 9.10. The molecule has 96 valence electrons. The minimum Gasteiger partial charge on any atom is -0.497 e. The van der Waals surface area contributed by atoms with Gasteiger partial charge in [0.25, 0.3) is 0 Å². The first-order valence-corrected chi connectivity index (χ1v) is 6.40. The first-order chi connectivity index (χ1) is 8.54. The van der Waals surface area contributed by atoms with Gasteiger partial charge in [-0.1, -0.05) is 27.5 Å². The Hall–Kier alpha value is -1.04. The summed E-state index contributed by atoms with van der Waals surface area (Å²) in [6.45, 7) is 0. The number of halogens is 2. The lowest BCUT2D eigenvalue weighted by molar-refractivity contribution is 0.208. The van der Waals surface area contributed by atoms with Crippen LogP contribution in [0.5, 0.6) is 5.75 Å². The number of hydrogen-bond acceptors (Lipinski definition) is 3. The van der Waals surface area contributed by atoms with E-state index < -0.39 is 6.10 Å². The standard InChI is InChI=1S/C12H12BrClN2O2/c1-16-11(10(14)6-15-16)12(17)8-5-7(18-2)3-4-9(8)13/h3-6,12,17H,1-2H3. The van der Waals surface area contributed by atoms with Crippen LogP contribution in [0.3, 0.4) is 0 Å². The van der Waals surface area contributed by atoms with E-state index in [0.29, 0.717) is 22.0 Å². The number of ether oxygens (including phenoxy) is 1. The molecule has 4 nitrogen and oxygen atoms in total. The smallest absolute Gasteiger partial charge is 0.123 e. The Labute approximate surface area is 118 Å². The summed E-state index contributed by atoms with van der Waals surface area (Å²) in [5.74, 6) is 0.672. The predicted molar refractivity (Wildman–Crippen MR) is 73.0 cm³/mol. The van der Waals surface area contributed by atoms with E-state index >= 15 is 0 Å². The molecule has 0 spiro atoms. The van der Waals surface area contributed by atoms with Crippen LogP contribution in [0.4, 0.5) is 0 Å². The van der Waals surface area contributed by atoms with Crippen LogP contribution >= 0.6 is 27.5 Å². The summed E-state index contributed by atoms with van der Waals surface area (Å²) in [6, 6.07) is 5.39. The Balaban J connectivity index is 2.48. The van der Waals surface area contributed by atoms with Crippen molar-refractivity contribution in [1.29, 1.82) is 0 Å². The summed E-state index contributed by atoms with van der Waals surface area (Å²) >= 11 is 9.43. The van der Waals surface area contributed by atoms with E-state index in [0.717, 1.165) is 4.47 Å². The number of rotatable bonds is 3. The van der Waals surface area contributed by atoms with E-state index in [4.69, 9.17) is 16.3 Å². The van der Waals surface area contributed by atoms with Gasteiger partial charge in [-0.25, -0.2) is 0 Å². The molecule has 0 aliphatic carbocycles. The van der Waals surface area contributed by atoms with Gasteiger partial charge in [0.1, 0.15) is 11.9 Å². The van der Waals surface area contributed by atoms with Crippen molar-refractivity contribution >= 4 is 27.5 Å². The van der Waals surface area contributed by atoms with Gasteiger partial charge in [-0.2, -0.15) is 5.10 Å². The third-order valence-electron chi connectivity index (χ3n) is 2.69. The molecule has 1 atom stereocenters. The van der Waals surface area contributed by atoms with E-state index in [-0.39, 0.29) is 0 Å². The van der Waals surface area contributed by atoms with Gasteiger partial charge in [0.2, 0.25) is 0 Å². The lowest BCUT2D eigenvalue weighted by atomic mass is 10.1.